The smallest absolute Gasteiger partial charge is 0.116 e. The van der Waals surface area contributed by atoms with Crippen LogP contribution in [-0.4, -0.2) is 9.97 Å². The van der Waals surface area contributed by atoms with Gasteiger partial charge in [-0.05, 0) is 43.5 Å². The minimum absolute atomic E-state index is 0.592. The van der Waals surface area contributed by atoms with Crippen molar-refractivity contribution in [3.8, 4) is 11.3 Å². The zero-order chi connectivity index (χ0) is 11.7. The first-order valence-electron chi connectivity index (χ1n) is 5.13. The van der Waals surface area contributed by atoms with Gasteiger partial charge in [0.1, 0.15) is 6.33 Å². The topological polar surface area (TPSA) is 25.8 Å². The van der Waals surface area contributed by atoms with E-state index in [-0.39, 0.29) is 0 Å². The van der Waals surface area contributed by atoms with E-state index in [1.807, 2.05) is 0 Å². The third-order valence-corrected chi connectivity index (χ3v) is 3.04. The average molecular weight is 233 g/mol. The van der Waals surface area contributed by atoms with Gasteiger partial charge in [-0.2, -0.15) is 0 Å². The lowest BCUT2D eigenvalue weighted by molar-refractivity contribution is 1.16. The van der Waals surface area contributed by atoms with E-state index < -0.39 is 0 Å². The Balaban J connectivity index is 2.65. The summed E-state index contributed by atoms with van der Waals surface area (Å²) in [4.78, 5) is 8.13. The van der Waals surface area contributed by atoms with Crippen LogP contribution >= 0.6 is 11.6 Å². The summed E-state index contributed by atoms with van der Waals surface area (Å²) in [5.74, 6) is 0. The fourth-order valence-electron chi connectivity index (χ4n) is 1.73. The summed E-state index contributed by atoms with van der Waals surface area (Å²) >= 11 is 6.10. The number of hydrogen-bond donors (Lipinski definition) is 0. The molecule has 0 N–H and O–H groups in total. The molecule has 0 radical (unpaired) electrons. The van der Waals surface area contributed by atoms with E-state index in [9.17, 15) is 0 Å². The molecule has 0 bridgehead atoms. The van der Waals surface area contributed by atoms with Crippen LogP contribution in [0.15, 0.2) is 24.7 Å². The Hall–Kier alpha value is -1.41. The first kappa shape index (κ1) is 11.1. The van der Waals surface area contributed by atoms with Crippen LogP contribution in [0.3, 0.4) is 0 Å². The molecule has 0 saturated carbocycles. The normalized spacial score (nSPS) is 10.5. The molecule has 0 unspecified atom stereocenters. The molecule has 0 atom stereocenters. The van der Waals surface area contributed by atoms with Crippen LogP contribution in [-0.2, 0) is 0 Å². The van der Waals surface area contributed by atoms with Crippen molar-refractivity contribution in [1.29, 1.82) is 0 Å². The Morgan fingerprint density at radius 1 is 1.00 bits per heavy atom. The largest absolute Gasteiger partial charge is 0.243 e. The number of nitrogens with zero attached hydrogens (tertiary/aromatic N) is 2. The fraction of sp³-hybridized carbons (Fsp3) is 0.231. The van der Waals surface area contributed by atoms with Crippen molar-refractivity contribution in [2.75, 3.05) is 0 Å². The molecule has 1 heterocycles. The molecule has 1 aromatic carbocycles. The Kier molecular flexibility index (Phi) is 2.92. The third kappa shape index (κ3) is 1.93. The van der Waals surface area contributed by atoms with Crippen molar-refractivity contribution < 1.29 is 0 Å². The van der Waals surface area contributed by atoms with Crippen LogP contribution < -0.4 is 0 Å². The average Bonchev–Trinajstić information content (AvgIpc) is 2.25. The summed E-state index contributed by atoms with van der Waals surface area (Å²) in [6, 6.07) is 4.28. The van der Waals surface area contributed by atoms with Crippen LogP contribution in [0, 0.1) is 20.8 Å². The summed E-state index contributed by atoms with van der Waals surface area (Å²) in [7, 11) is 0. The van der Waals surface area contributed by atoms with Gasteiger partial charge >= 0.3 is 0 Å². The van der Waals surface area contributed by atoms with Crippen LogP contribution in [0.4, 0.5) is 0 Å². The summed E-state index contributed by atoms with van der Waals surface area (Å²) in [5, 5.41) is 0.592. The van der Waals surface area contributed by atoms with E-state index in [1.54, 1.807) is 6.20 Å². The lowest BCUT2D eigenvalue weighted by Gasteiger charge is -2.10. The van der Waals surface area contributed by atoms with Gasteiger partial charge in [0.2, 0.25) is 0 Å². The quantitative estimate of drug-likeness (QED) is 0.749. The van der Waals surface area contributed by atoms with Gasteiger partial charge < -0.3 is 0 Å². The molecule has 0 aliphatic carbocycles. The second kappa shape index (κ2) is 4.22. The molecule has 2 aromatic rings. The molecule has 0 aliphatic rings. The molecule has 2 nitrogen and oxygen atoms in total. The van der Waals surface area contributed by atoms with Gasteiger partial charge in [0.25, 0.3) is 0 Å². The Bertz CT molecular complexity index is 535. The molecule has 16 heavy (non-hydrogen) atoms. The van der Waals surface area contributed by atoms with Crippen molar-refractivity contribution >= 4 is 11.6 Å². The predicted octanol–water partition coefficient (Wildman–Crippen LogP) is 3.72. The van der Waals surface area contributed by atoms with E-state index >= 15 is 0 Å². The minimum Gasteiger partial charge on any atom is -0.243 e. The molecule has 0 aliphatic heterocycles. The van der Waals surface area contributed by atoms with Gasteiger partial charge in [0.15, 0.2) is 0 Å². The monoisotopic (exact) mass is 232 g/mol. The SMILES string of the molecule is Cc1cc(C)c(-c2ncncc2Cl)cc1C. The standard InChI is InChI=1S/C13H13ClN2/c1-8-4-10(3)11(5-9(8)2)13-12(14)6-15-7-16-13/h4-7H,1-3H3. The van der Waals surface area contributed by atoms with Gasteiger partial charge in [-0.1, -0.05) is 17.7 Å². The van der Waals surface area contributed by atoms with Crippen LogP contribution in [0.1, 0.15) is 16.7 Å². The molecule has 1 aromatic heterocycles. The molecular weight excluding hydrogens is 220 g/mol. The highest BCUT2D eigenvalue weighted by molar-refractivity contribution is 6.32. The third-order valence-electron chi connectivity index (χ3n) is 2.76. The number of hydrogen-bond acceptors (Lipinski definition) is 2. The number of rotatable bonds is 1. The zero-order valence-electron chi connectivity index (χ0n) is 9.58. The van der Waals surface area contributed by atoms with Crippen molar-refractivity contribution in [2.24, 2.45) is 0 Å². The fourth-order valence-corrected chi connectivity index (χ4v) is 1.93. The van der Waals surface area contributed by atoms with Crippen molar-refractivity contribution in [3.05, 3.63) is 46.4 Å². The predicted molar refractivity (Wildman–Crippen MR) is 66.7 cm³/mol. The lowest BCUT2D eigenvalue weighted by atomic mass is 9.99. The Morgan fingerprint density at radius 2 is 1.69 bits per heavy atom. The van der Waals surface area contributed by atoms with Gasteiger partial charge in [-0.25, -0.2) is 9.97 Å². The van der Waals surface area contributed by atoms with Crippen molar-refractivity contribution in [1.82, 2.24) is 9.97 Å². The highest BCUT2D eigenvalue weighted by Crippen LogP contribution is 2.29. The van der Waals surface area contributed by atoms with Crippen LogP contribution in [0.5, 0.6) is 0 Å². The number of aromatic nitrogens is 2. The lowest BCUT2D eigenvalue weighted by Crippen LogP contribution is -1.92. The molecule has 0 saturated heterocycles. The summed E-state index contributed by atoms with van der Waals surface area (Å²) in [6.07, 6.45) is 3.15. The second-order valence-corrected chi connectivity index (χ2v) is 4.38. The summed E-state index contributed by atoms with van der Waals surface area (Å²) in [6.45, 7) is 6.27. The molecule has 0 amide bonds. The molecule has 2 rings (SSSR count). The van der Waals surface area contributed by atoms with E-state index in [2.05, 4.69) is 42.9 Å². The number of halogens is 1. The molecule has 0 spiro atoms. The maximum absolute atomic E-state index is 6.10. The van der Waals surface area contributed by atoms with E-state index in [1.165, 1.54) is 23.0 Å². The highest BCUT2D eigenvalue weighted by Gasteiger charge is 2.09. The van der Waals surface area contributed by atoms with Crippen LogP contribution in [0.25, 0.3) is 11.3 Å². The van der Waals surface area contributed by atoms with Gasteiger partial charge in [0.05, 0.1) is 10.7 Å². The van der Waals surface area contributed by atoms with Gasteiger partial charge in [-0.3, -0.25) is 0 Å². The maximum Gasteiger partial charge on any atom is 0.116 e. The first-order valence-corrected chi connectivity index (χ1v) is 5.51. The molecule has 82 valence electrons. The molecular formula is C13H13ClN2. The van der Waals surface area contributed by atoms with Crippen molar-refractivity contribution in [3.63, 3.8) is 0 Å². The number of benzene rings is 1. The second-order valence-electron chi connectivity index (χ2n) is 3.97. The molecule has 0 fully saturated rings. The zero-order valence-corrected chi connectivity index (χ0v) is 10.3. The van der Waals surface area contributed by atoms with E-state index in [4.69, 9.17) is 11.6 Å². The number of aryl methyl sites for hydroxylation is 3. The van der Waals surface area contributed by atoms with Crippen molar-refractivity contribution in [2.45, 2.75) is 20.8 Å². The maximum atomic E-state index is 6.10. The van der Waals surface area contributed by atoms with E-state index in [0.29, 0.717) is 5.02 Å². The van der Waals surface area contributed by atoms with E-state index in [0.717, 1.165) is 11.3 Å². The van der Waals surface area contributed by atoms with Gasteiger partial charge in [-0.15, -0.1) is 0 Å². The van der Waals surface area contributed by atoms with Gasteiger partial charge in [0, 0.05) is 11.8 Å². The highest BCUT2D eigenvalue weighted by atomic mass is 35.5. The summed E-state index contributed by atoms with van der Waals surface area (Å²) in [5.41, 5.74) is 5.60. The first-order chi connectivity index (χ1) is 7.59. The minimum atomic E-state index is 0.592. The molecule has 3 heteroatoms. The Labute approximate surface area is 100 Å². The Morgan fingerprint density at radius 3 is 2.38 bits per heavy atom. The summed E-state index contributed by atoms with van der Waals surface area (Å²) < 4.78 is 0. The van der Waals surface area contributed by atoms with Crippen LogP contribution in [0.2, 0.25) is 5.02 Å².